The topological polar surface area (TPSA) is 71.4 Å². The Bertz CT molecular complexity index is 681. The molecule has 0 radical (unpaired) electrons. The van der Waals surface area contributed by atoms with Gasteiger partial charge in [-0.15, -0.1) is 0 Å². The van der Waals surface area contributed by atoms with Gasteiger partial charge >= 0.3 is 5.97 Å². The molecule has 0 bridgehead atoms. The Morgan fingerprint density at radius 3 is 2.53 bits per heavy atom. The van der Waals surface area contributed by atoms with Crippen LogP contribution in [0.5, 0.6) is 0 Å². The number of aliphatic carboxylic acids is 1. The molecule has 0 fully saturated rings. The van der Waals surface area contributed by atoms with Crippen molar-refractivity contribution >= 4 is 21.9 Å². The van der Waals surface area contributed by atoms with Crippen molar-refractivity contribution in [1.29, 1.82) is 0 Å². The lowest BCUT2D eigenvalue weighted by Crippen LogP contribution is -2.26. The Labute approximate surface area is 112 Å². The van der Waals surface area contributed by atoms with Crippen molar-refractivity contribution in [3.05, 3.63) is 34.2 Å². The highest BCUT2D eigenvalue weighted by molar-refractivity contribution is 7.95. The lowest BCUT2D eigenvalue weighted by atomic mass is 9.86. The average molecular weight is 280 g/mol. The minimum atomic E-state index is -3.37. The van der Waals surface area contributed by atoms with E-state index in [0.29, 0.717) is 16.9 Å². The van der Waals surface area contributed by atoms with Gasteiger partial charge in [0.2, 0.25) is 9.84 Å². The van der Waals surface area contributed by atoms with Gasteiger partial charge in [0.1, 0.15) is 0 Å². The summed E-state index contributed by atoms with van der Waals surface area (Å²) >= 11 is 0. The van der Waals surface area contributed by atoms with Crippen LogP contribution >= 0.6 is 0 Å². The Kier molecular flexibility index (Phi) is 3.05. The second-order valence-corrected chi connectivity index (χ2v) is 7.59. The van der Waals surface area contributed by atoms with Gasteiger partial charge in [0, 0.05) is 4.91 Å². The van der Waals surface area contributed by atoms with Gasteiger partial charge < -0.3 is 5.11 Å². The van der Waals surface area contributed by atoms with Crippen LogP contribution in [0.3, 0.4) is 0 Å². The van der Waals surface area contributed by atoms with Crippen molar-refractivity contribution in [3.8, 4) is 0 Å². The molecule has 1 heterocycles. The molecule has 2 rings (SSSR count). The first-order valence-corrected chi connectivity index (χ1v) is 7.42. The quantitative estimate of drug-likeness (QED) is 0.923. The maximum atomic E-state index is 12.1. The molecule has 0 spiro atoms. The van der Waals surface area contributed by atoms with Gasteiger partial charge in [0.05, 0.1) is 10.3 Å². The van der Waals surface area contributed by atoms with Crippen molar-refractivity contribution in [2.75, 3.05) is 0 Å². The summed E-state index contributed by atoms with van der Waals surface area (Å²) in [5.74, 6) is -0.898. The molecular formula is C14H16O4S. The highest BCUT2D eigenvalue weighted by atomic mass is 32.2. The molecule has 1 N–H and O–H groups in total. The fourth-order valence-corrected chi connectivity index (χ4v) is 3.47. The molecule has 1 aliphatic rings. The zero-order valence-corrected chi connectivity index (χ0v) is 11.9. The van der Waals surface area contributed by atoms with E-state index in [1.54, 1.807) is 45.0 Å². The van der Waals surface area contributed by atoms with E-state index in [0.717, 1.165) is 5.56 Å². The van der Waals surface area contributed by atoms with Crippen LogP contribution in [0.15, 0.2) is 28.0 Å². The molecule has 0 atom stereocenters. The Morgan fingerprint density at radius 2 is 1.95 bits per heavy atom. The van der Waals surface area contributed by atoms with E-state index in [1.165, 1.54) is 0 Å². The molecule has 0 amide bonds. The predicted molar refractivity (Wildman–Crippen MR) is 72.4 cm³/mol. The van der Waals surface area contributed by atoms with Crippen LogP contribution in [-0.4, -0.2) is 19.5 Å². The van der Waals surface area contributed by atoms with Crippen molar-refractivity contribution in [3.63, 3.8) is 0 Å². The van der Waals surface area contributed by atoms with E-state index in [-0.39, 0.29) is 4.90 Å². The lowest BCUT2D eigenvalue weighted by Gasteiger charge is -2.19. The van der Waals surface area contributed by atoms with Crippen molar-refractivity contribution in [1.82, 2.24) is 0 Å². The summed E-state index contributed by atoms with van der Waals surface area (Å²) in [7, 11) is -3.37. The van der Waals surface area contributed by atoms with Gasteiger partial charge in [0.25, 0.3) is 0 Å². The third-order valence-electron chi connectivity index (χ3n) is 3.38. The largest absolute Gasteiger partial charge is 0.481 e. The van der Waals surface area contributed by atoms with Gasteiger partial charge in [-0.3, -0.25) is 4.79 Å². The van der Waals surface area contributed by atoms with Crippen molar-refractivity contribution < 1.29 is 18.3 Å². The van der Waals surface area contributed by atoms with E-state index in [9.17, 15) is 13.2 Å². The van der Waals surface area contributed by atoms with Crippen molar-refractivity contribution in [2.24, 2.45) is 5.41 Å². The number of carbonyl (C=O) groups is 1. The Hall–Kier alpha value is -1.62. The average Bonchev–Trinajstić information content (AvgIpc) is 2.50. The number of carboxylic acid groups (broad SMARTS) is 1. The van der Waals surface area contributed by atoms with Gasteiger partial charge in [-0.25, -0.2) is 8.42 Å². The van der Waals surface area contributed by atoms with Gasteiger partial charge in [-0.1, -0.05) is 12.1 Å². The summed E-state index contributed by atoms with van der Waals surface area (Å²) in [5, 5.41) is 9.11. The van der Waals surface area contributed by atoms with Crippen LogP contribution in [0, 0.1) is 5.41 Å². The molecule has 19 heavy (non-hydrogen) atoms. The first-order chi connectivity index (χ1) is 8.64. The molecule has 1 aromatic rings. The molecule has 1 aromatic carbocycles. The summed E-state index contributed by atoms with van der Waals surface area (Å²) in [5.41, 5.74) is 0.478. The second kappa shape index (κ2) is 4.20. The molecular weight excluding hydrogens is 264 g/mol. The Balaban J connectivity index is 2.42. The Morgan fingerprint density at radius 1 is 1.32 bits per heavy atom. The minimum Gasteiger partial charge on any atom is -0.481 e. The first-order valence-electron chi connectivity index (χ1n) is 5.94. The van der Waals surface area contributed by atoms with Gasteiger partial charge in [-0.2, -0.15) is 0 Å². The third-order valence-corrected chi connectivity index (χ3v) is 5.27. The number of rotatable bonds is 3. The van der Waals surface area contributed by atoms with Crippen LogP contribution in [0.2, 0.25) is 0 Å². The highest BCUT2D eigenvalue weighted by Gasteiger charge is 2.30. The van der Waals surface area contributed by atoms with Crippen LogP contribution in [0.1, 0.15) is 31.9 Å². The number of hydrogen-bond acceptors (Lipinski definition) is 3. The summed E-state index contributed by atoms with van der Waals surface area (Å²) in [6, 6.07) is 5.10. The summed E-state index contributed by atoms with van der Waals surface area (Å²) in [6.45, 7) is 4.82. The van der Waals surface area contributed by atoms with E-state index >= 15 is 0 Å². The standard InChI is InChI=1S/C14H16O4S/c1-9-6-11-5-4-10(7-12(11)19(9,17)18)8-14(2,3)13(15)16/h4-7H,8H2,1-3H3,(H,15,16). The van der Waals surface area contributed by atoms with E-state index < -0.39 is 21.2 Å². The maximum absolute atomic E-state index is 12.1. The van der Waals surface area contributed by atoms with Gasteiger partial charge in [-0.05, 0) is 50.5 Å². The normalized spacial score (nSPS) is 16.9. The number of benzene rings is 1. The smallest absolute Gasteiger partial charge is 0.309 e. The van der Waals surface area contributed by atoms with Gasteiger partial charge in [0.15, 0.2) is 0 Å². The number of allylic oxidation sites excluding steroid dienone is 1. The lowest BCUT2D eigenvalue weighted by molar-refractivity contribution is -0.146. The second-order valence-electron chi connectivity index (χ2n) is 5.50. The van der Waals surface area contributed by atoms with E-state index in [4.69, 9.17) is 5.11 Å². The van der Waals surface area contributed by atoms with Crippen LogP contribution in [0.4, 0.5) is 0 Å². The summed E-state index contributed by atoms with van der Waals surface area (Å²) in [6.07, 6.45) is 1.93. The summed E-state index contributed by atoms with van der Waals surface area (Å²) < 4.78 is 24.1. The molecule has 5 heteroatoms. The zero-order chi connectivity index (χ0) is 14.4. The number of sulfone groups is 1. The molecule has 0 unspecified atom stereocenters. The van der Waals surface area contributed by atoms with Crippen molar-refractivity contribution in [2.45, 2.75) is 32.1 Å². The fourth-order valence-electron chi connectivity index (χ4n) is 2.10. The van der Waals surface area contributed by atoms with E-state index in [2.05, 4.69) is 0 Å². The maximum Gasteiger partial charge on any atom is 0.309 e. The van der Waals surface area contributed by atoms with Crippen LogP contribution in [-0.2, 0) is 21.1 Å². The molecule has 102 valence electrons. The number of carboxylic acids is 1. The summed E-state index contributed by atoms with van der Waals surface area (Å²) in [4.78, 5) is 11.7. The van der Waals surface area contributed by atoms with Crippen LogP contribution in [0.25, 0.3) is 6.08 Å². The molecule has 1 aliphatic heterocycles. The minimum absolute atomic E-state index is 0.281. The SMILES string of the molecule is CC1=Cc2ccc(CC(C)(C)C(=O)O)cc2S1(=O)=O. The number of hydrogen-bond donors (Lipinski definition) is 1. The molecule has 4 nitrogen and oxygen atoms in total. The molecule has 0 aliphatic carbocycles. The molecule has 0 saturated heterocycles. The molecule has 0 aromatic heterocycles. The third kappa shape index (κ3) is 2.30. The molecule has 0 saturated carbocycles. The highest BCUT2D eigenvalue weighted by Crippen LogP contribution is 2.34. The fraction of sp³-hybridized carbons (Fsp3) is 0.357. The van der Waals surface area contributed by atoms with Crippen LogP contribution < -0.4 is 0 Å². The first kappa shape index (κ1) is 13.8. The predicted octanol–water partition coefficient (Wildman–Crippen LogP) is 2.49. The zero-order valence-electron chi connectivity index (χ0n) is 11.1. The number of fused-ring (bicyclic) bond motifs is 1. The monoisotopic (exact) mass is 280 g/mol. The van der Waals surface area contributed by atoms with E-state index in [1.807, 2.05) is 0 Å².